The van der Waals surface area contributed by atoms with Crippen LogP contribution in [0.4, 0.5) is 0 Å². The Bertz CT molecular complexity index is 543. The smallest absolute Gasteiger partial charge is 0.0975 e. The van der Waals surface area contributed by atoms with E-state index < -0.39 is 0 Å². The Morgan fingerprint density at radius 3 is 2.55 bits per heavy atom. The monoisotopic (exact) mass is 288 g/mol. The molecule has 1 heterocycles. The standard InChI is InChI=1S/C17H24N2S/c1-5-10-18-13(3)17-14(4)19-16(20-17)11-15-8-6-12(2)7-9-15/h6-9,13,18H,5,10-11H2,1-4H3. The molecule has 0 amide bonds. The number of hydrogen-bond acceptors (Lipinski definition) is 3. The molecule has 3 heteroatoms. The molecule has 0 spiro atoms. The van der Waals surface area contributed by atoms with Crippen LogP contribution < -0.4 is 5.32 Å². The SMILES string of the molecule is CCCNC(C)c1sc(Cc2ccc(C)cc2)nc1C. The lowest BCUT2D eigenvalue weighted by Crippen LogP contribution is -2.18. The molecule has 1 N–H and O–H groups in total. The van der Waals surface area contributed by atoms with Crippen molar-refractivity contribution < 1.29 is 0 Å². The molecule has 1 aromatic heterocycles. The summed E-state index contributed by atoms with van der Waals surface area (Å²) < 4.78 is 0. The zero-order valence-corrected chi connectivity index (χ0v) is 13.7. The largest absolute Gasteiger partial charge is 0.309 e. The number of aryl methyl sites for hydroxylation is 2. The van der Waals surface area contributed by atoms with Gasteiger partial charge in [-0.1, -0.05) is 36.8 Å². The van der Waals surface area contributed by atoms with E-state index in [4.69, 9.17) is 4.98 Å². The Morgan fingerprint density at radius 1 is 1.20 bits per heavy atom. The molecule has 0 saturated heterocycles. The van der Waals surface area contributed by atoms with E-state index in [1.165, 1.54) is 33.1 Å². The molecule has 2 rings (SSSR count). The fraction of sp³-hybridized carbons (Fsp3) is 0.471. The van der Waals surface area contributed by atoms with Crippen LogP contribution in [0.15, 0.2) is 24.3 Å². The maximum absolute atomic E-state index is 4.74. The third-order valence-corrected chi connectivity index (χ3v) is 4.79. The minimum absolute atomic E-state index is 0.402. The van der Waals surface area contributed by atoms with Gasteiger partial charge in [-0.05, 0) is 39.3 Å². The van der Waals surface area contributed by atoms with E-state index in [1.54, 1.807) is 0 Å². The predicted octanol–water partition coefficient (Wildman–Crippen LogP) is 4.41. The molecule has 2 nitrogen and oxygen atoms in total. The second-order valence-corrected chi connectivity index (χ2v) is 6.51. The van der Waals surface area contributed by atoms with E-state index in [1.807, 2.05) is 11.3 Å². The van der Waals surface area contributed by atoms with Crippen molar-refractivity contribution in [1.82, 2.24) is 10.3 Å². The summed E-state index contributed by atoms with van der Waals surface area (Å²) in [6, 6.07) is 9.14. The van der Waals surface area contributed by atoms with Crippen LogP contribution in [0.1, 0.15) is 53.0 Å². The number of benzene rings is 1. The summed E-state index contributed by atoms with van der Waals surface area (Å²) in [7, 11) is 0. The second kappa shape index (κ2) is 7.00. The molecule has 0 bridgehead atoms. The first-order chi connectivity index (χ1) is 9.60. The third kappa shape index (κ3) is 3.90. The van der Waals surface area contributed by atoms with Gasteiger partial charge in [-0.2, -0.15) is 0 Å². The maximum atomic E-state index is 4.74. The zero-order valence-electron chi connectivity index (χ0n) is 12.9. The van der Waals surface area contributed by atoms with Gasteiger partial charge in [0.25, 0.3) is 0 Å². The number of nitrogens with zero attached hydrogens (tertiary/aromatic N) is 1. The van der Waals surface area contributed by atoms with Crippen LogP contribution >= 0.6 is 11.3 Å². The van der Waals surface area contributed by atoms with Gasteiger partial charge in [0.1, 0.15) is 0 Å². The number of hydrogen-bond donors (Lipinski definition) is 1. The van der Waals surface area contributed by atoms with Crippen molar-refractivity contribution in [3.05, 3.63) is 51.0 Å². The normalized spacial score (nSPS) is 12.6. The van der Waals surface area contributed by atoms with Gasteiger partial charge in [-0.25, -0.2) is 4.98 Å². The van der Waals surface area contributed by atoms with Crippen LogP contribution in [0, 0.1) is 13.8 Å². The molecule has 108 valence electrons. The average Bonchev–Trinajstić information content (AvgIpc) is 2.79. The van der Waals surface area contributed by atoms with Crippen molar-refractivity contribution in [1.29, 1.82) is 0 Å². The van der Waals surface area contributed by atoms with Gasteiger partial charge in [-0.15, -0.1) is 11.3 Å². The van der Waals surface area contributed by atoms with E-state index in [0.717, 1.165) is 13.0 Å². The Kier molecular flexibility index (Phi) is 5.32. The van der Waals surface area contributed by atoms with Crippen LogP contribution in [-0.4, -0.2) is 11.5 Å². The molecule has 0 fully saturated rings. The van der Waals surface area contributed by atoms with Crippen molar-refractivity contribution in [3.8, 4) is 0 Å². The van der Waals surface area contributed by atoms with E-state index in [0.29, 0.717) is 6.04 Å². The van der Waals surface area contributed by atoms with E-state index in [-0.39, 0.29) is 0 Å². The number of aromatic nitrogens is 1. The first kappa shape index (κ1) is 15.2. The highest BCUT2D eigenvalue weighted by Crippen LogP contribution is 2.26. The Labute approximate surface area is 126 Å². The van der Waals surface area contributed by atoms with Gasteiger partial charge in [0, 0.05) is 17.3 Å². The van der Waals surface area contributed by atoms with Crippen molar-refractivity contribution >= 4 is 11.3 Å². The van der Waals surface area contributed by atoms with Crippen molar-refractivity contribution in [2.45, 2.75) is 46.6 Å². The fourth-order valence-electron chi connectivity index (χ4n) is 2.28. The summed E-state index contributed by atoms with van der Waals surface area (Å²) in [6.07, 6.45) is 2.10. The van der Waals surface area contributed by atoms with Crippen molar-refractivity contribution in [3.63, 3.8) is 0 Å². The van der Waals surface area contributed by atoms with Crippen LogP contribution in [-0.2, 0) is 6.42 Å². The topological polar surface area (TPSA) is 24.9 Å². The van der Waals surface area contributed by atoms with Crippen molar-refractivity contribution in [2.24, 2.45) is 0 Å². The lowest BCUT2D eigenvalue weighted by molar-refractivity contribution is 0.575. The van der Waals surface area contributed by atoms with E-state index in [9.17, 15) is 0 Å². The number of nitrogens with one attached hydrogen (secondary N) is 1. The molecule has 0 aliphatic carbocycles. The third-order valence-electron chi connectivity index (χ3n) is 3.45. The van der Waals surface area contributed by atoms with Crippen LogP contribution in [0.5, 0.6) is 0 Å². The van der Waals surface area contributed by atoms with Gasteiger partial charge >= 0.3 is 0 Å². The van der Waals surface area contributed by atoms with Gasteiger partial charge in [0.05, 0.1) is 10.7 Å². The summed E-state index contributed by atoms with van der Waals surface area (Å²) in [6.45, 7) is 9.73. The summed E-state index contributed by atoms with van der Waals surface area (Å²) in [4.78, 5) is 6.11. The van der Waals surface area contributed by atoms with Gasteiger partial charge in [0.15, 0.2) is 0 Å². The maximum Gasteiger partial charge on any atom is 0.0975 e. The molecule has 20 heavy (non-hydrogen) atoms. The fourth-order valence-corrected chi connectivity index (χ4v) is 3.41. The molecule has 0 saturated carbocycles. The molecular weight excluding hydrogens is 264 g/mol. The highest BCUT2D eigenvalue weighted by molar-refractivity contribution is 7.11. The lowest BCUT2D eigenvalue weighted by Gasteiger charge is -2.11. The molecule has 2 aromatic rings. The molecule has 1 unspecified atom stereocenters. The molecular formula is C17H24N2S. The predicted molar refractivity (Wildman–Crippen MR) is 87.5 cm³/mol. The first-order valence-electron chi connectivity index (χ1n) is 7.35. The lowest BCUT2D eigenvalue weighted by atomic mass is 10.1. The molecule has 1 aromatic carbocycles. The minimum Gasteiger partial charge on any atom is -0.309 e. The van der Waals surface area contributed by atoms with Gasteiger partial charge in [0.2, 0.25) is 0 Å². The van der Waals surface area contributed by atoms with Crippen molar-refractivity contribution in [2.75, 3.05) is 6.54 Å². The van der Waals surface area contributed by atoms with Crippen LogP contribution in [0.2, 0.25) is 0 Å². The van der Waals surface area contributed by atoms with Crippen LogP contribution in [0.3, 0.4) is 0 Å². The van der Waals surface area contributed by atoms with Gasteiger partial charge < -0.3 is 5.32 Å². The van der Waals surface area contributed by atoms with E-state index in [2.05, 4.69) is 57.3 Å². The summed E-state index contributed by atoms with van der Waals surface area (Å²) in [5, 5.41) is 4.76. The zero-order chi connectivity index (χ0) is 14.5. The highest BCUT2D eigenvalue weighted by Gasteiger charge is 2.13. The summed E-state index contributed by atoms with van der Waals surface area (Å²) in [5.74, 6) is 0. The Hall–Kier alpha value is -1.19. The second-order valence-electron chi connectivity index (χ2n) is 5.40. The quantitative estimate of drug-likeness (QED) is 0.851. The average molecular weight is 288 g/mol. The molecule has 0 radical (unpaired) electrons. The Balaban J connectivity index is 2.08. The number of thiazole rings is 1. The van der Waals surface area contributed by atoms with Gasteiger partial charge in [-0.3, -0.25) is 0 Å². The van der Waals surface area contributed by atoms with E-state index >= 15 is 0 Å². The highest BCUT2D eigenvalue weighted by atomic mass is 32.1. The minimum atomic E-state index is 0.402. The Morgan fingerprint density at radius 2 is 1.90 bits per heavy atom. The molecule has 0 aliphatic rings. The summed E-state index contributed by atoms with van der Waals surface area (Å²) in [5.41, 5.74) is 3.82. The molecule has 1 atom stereocenters. The number of rotatable bonds is 6. The van der Waals surface area contributed by atoms with Crippen LogP contribution in [0.25, 0.3) is 0 Å². The first-order valence-corrected chi connectivity index (χ1v) is 8.17. The summed E-state index contributed by atoms with van der Waals surface area (Å²) >= 11 is 1.84. The molecule has 0 aliphatic heterocycles.